The van der Waals surface area contributed by atoms with Crippen molar-refractivity contribution >= 4 is 21.9 Å². The molecule has 0 atom stereocenters. The van der Waals surface area contributed by atoms with Crippen LogP contribution >= 0.6 is 15.9 Å². The number of carbonyl (C=O) groups is 1. The van der Waals surface area contributed by atoms with Gasteiger partial charge in [0.2, 0.25) is 0 Å². The second kappa shape index (κ2) is 3.73. The quantitative estimate of drug-likeness (QED) is 0.599. The van der Waals surface area contributed by atoms with Crippen LogP contribution in [0, 0.1) is 12.8 Å². The van der Waals surface area contributed by atoms with E-state index < -0.39 is 0 Å². The van der Waals surface area contributed by atoms with Crippen LogP contribution in [-0.4, -0.2) is 5.97 Å². The van der Waals surface area contributed by atoms with E-state index in [0.29, 0.717) is 5.75 Å². The van der Waals surface area contributed by atoms with Gasteiger partial charge in [0.05, 0.1) is 5.92 Å². The van der Waals surface area contributed by atoms with Gasteiger partial charge in [-0.15, -0.1) is 0 Å². The molecule has 2 nitrogen and oxygen atoms in total. The lowest BCUT2D eigenvalue weighted by Gasteiger charge is -2.04. The van der Waals surface area contributed by atoms with E-state index in [1.807, 2.05) is 19.1 Å². The number of rotatable bonds is 2. The highest BCUT2D eigenvalue weighted by molar-refractivity contribution is 9.10. The number of benzene rings is 1. The van der Waals surface area contributed by atoms with E-state index in [1.165, 1.54) is 0 Å². The number of ether oxygens (including phenoxy) is 1. The van der Waals surface area contributed by atoms with Gasteiger partial charge in [-0.3, -0.25) is 4.79 Å². The van der Waals surface area contributed by atoms with Crippen LogP contribution in [0.2, 0.25) is 0 Å². The van der Waals surface area contributed by atoms with Crippen molar-refractivity contribution in [3.05, 3.63) is 28.2 Å². The molecule has 0 N–H and O–H groups in total. The SMILES string of the molecule is Cc1cc(OC(=O)C2CC2)ccc1Br. The molecule has 1 saturated carbocycles. The molecule has 0 amide bonds. The van der Waals surface area contributed by atoms with Gasteiger partial charge in [0.1, 0.15) is 5.75 Å². The Morgan fingerprint density at radius 1 is 1.50 bits per heavy atom. The molecule has 0 saturated heterocycles. The summed E-state index contributed by atoms with van der Waals surface area (Å²) in [6, 6.07) is 5.56. The Hall–Kier alpha value is -0.830. The first-order valence-corrected chi connectivity index (χ1v) is 5.44. The lowest BCUT2D eigenvalue weighted by molar-refractivity contribution is -0.135. The molecule has 1 aliphatic carbocycles. The van der Waals surface area contributed by atoms with Crippen LogP contribution in [0.15, 0.2) is 22.7 Å². The van der Waals surface area contributed by atoms with Gasteiger partial charge in [0.25, 0.3) is 0 Å². The second-order valence-corrected chi connectivity index (χ2v) is 4.46. The number of carbonyl (C=O) groups excluding carboxylic acids is 1. The first-order chi connectivity index (χ1) is 6.66. The Labute approximate surface area is 91.4 Å². The third-order valence-electron chi connectivity index (χ3n) is 2.26. The normalized spacial score (nSPS) is 15.3. The van der Waals surface area contributed by atoms with Crippen LogP contribution in [0.5, 0.6) is 5.75 Å². The molecule has 0 bridgehead atoms. The van der Waals surface area contributed by atoms with E-state index in [9.17, 15) is 4.79 Å². The van der Waals surface area contributed by atoms with Crippen LogP contribution in [0.1, 0.15) is 18.4 Å². The number of halogens is 1. The standard InChI is InChI=1S/C11H11BrO2/c1-7-6-9(4-5-10(7)12)14-11(13)8-2-3-8/h4-6,8H,2-3H2,1H3. The van der Waals surface area contributed by atoms with E-state index in [-0.39, 0.29) is 11.9 Å². The molecule has 1 aromatic rings. The molecule has 0 aliphatic heterocycles. The minimum atomic E-state index is -0.0910. The third-order valence-corrected chi connectivity index (χ3v) is 3.15. The average Bonchev–Trinajstić information content (AvgIpc) is 2.94. The zero-order valence-electron chi connectivity index (χ0n) is 7.92. The van der Waals surface area contributed by atoms with Crippen molar-refractivity contribution in [2.24, 2.45) is 5.92 Å². The molecule has 0 aromatic heterocycles. The molecule has 14 heavy (non-hydrogen) atoms. The minimum Gasteiger partial charge on any atom is -0.426 e. The summed E-state index contributed by atoms with van der Waals surface area (Å²) >= 11 is 3.40. The molecule has 2 rings (SSSR count). The highest BCUT2D eigenvalue weighted by atomic mass is 79.9. The maximum atomic E-state index is 11.3. The van der Waals surface area contributed by atoms with Crippen LogP contribution < -0.4 is 4.74 Å². The van der Waals surface area contributed by atoms with Crippen molar-refractivity contribution in [3.63, 3.8) is 0 Å². The molecule has 0 radical (unpaired) electrons. The molecule has 0 unspecified atom stereocenters. The van der Waals surface area contributed by atoms with Crippen molar-refractivity contribution in [2.75, 3.05) is 0 Å². The smallest absolute Gasteiger partial charge is 0.314 e. The topological polar surface area (TPSA) is 26.3 Å². The van der Waals surface area contributed by atoms with Crippen molar-refractivity contribution in [1.82, 2.24) is 0 Å². The lowest BCUT2D eigenvalue weighted by Crippen LogP contribution is -2.09. The highest BCUT2D eigenvalue weighted by Gasteiger charge is 2.31. The number of hydrogen-bond acceptors (Lipinski definition) is 2. The van der Waals surface area contributed by atoms with Gasteiger partial charge >= 0.3 is 5.97 Å². The fourth-order valence-electron chi connectivity index (χ4n) is 1.20. The fraction of sp³-hybridized carbons (Fsp3) is 0.364. The largest absolute Gasteiger partial charge is 0.426 e. The minimum absolute atomic E-state index is 0.0910. The van der Waals surface area contributed by atoms with E-state index in [0.717, 1.165) is 22.9 Å². The van der Waals surface area contributed by atoms with E-state index >= 15 is 0 Å². The molecule has 3 heteroatoms. The van der Waals surface area contributed by atoms with E-state index in [2.05, 4.69) is 15.9 Å². The summed E-state index contributed by atoms with van der Waals surface area (Å²) in [5.41, 5.74) is 1.08. The first kappa shape index (κ1) is 9.71. The van der Waals surface area contributed by atoms with Crippen LogP contribution in [0.25, 0.3) is 0 Å². The predicted molar refractivity (Wildman–Crippen MR) is 57.2 cm³/mol. The molecule has 1 aromatic carbocycles. The first-order valence-electron chi connectivity index (χ1n) is 4.64. The molecular formula is C11H11BrO2. The molecule has 1 aliphatic rings. The average molecular weight is 255 g/mol. The molecular weight excluding hydrogens is 244 g/mol. The summed E-state index contributed by atoms with van der Waals surface area (Å²) in [5, 5.41) is 0. The predicted octanol–water partition coefficient (Wildman–Crippen LogP) is 3.07. The fourth-order valence-corrected chi connectivity index (χ4v) is 1.45. The summed E-state index contributed by atoms with van der Waals surface area (Å²) in [5.74, 6) is 0.702. The zero-order valence-corrected chi connectivity index (χ0v) is 9.50. The number of aryl methyl sites for hydroxylation is 1. The second-order valence-electron chi connectivity index (χ2n) is 3.61. The maximum Gasteiger partial charge on any atom is 0.314 e. The highest BCUT2D eigenvalue weighted by Crippen LogP contribution is 2.31. The monoisotopic (exact) mass is 254 g/mol. The summed E-state index contributed by atoms with van der Waals surface area (Å²) < 4.78 is 6.25. The van der Waals surface area contributed by atoms with Crippen molar-refractivity contribution in [3.8, 4) is 5.75 Å². The Morgan fingerprint density at radius 2 is 2.21 bits per heavy atom. The van der Waals surface area contributed by atoms with Crippen molar-refractivity contribution < 1.29 is 9.53 Å². The van der Waals surface area contributed by atoms with Gasteiger partial charge in [-0.1, -0.05) is 15.9 Å². The van der Waals surface area contributed by atoms with Gasteiger partial charge in [-0.25, -0.2) is 0 Å². The number of esters is 1. The summed E-state index contributed by atoms with van der Waals surface area (Å²) in [6.07, 6.45) is 1.96. The van der Waals surface area contributed by atoms with Crippen LogP contribution in [0.3, 0.4) is 0 Å². The van der Waals surface area contributed by atoms with Crippen molar-refractivity contribution in [1.29, 1.82) is 0 Å². The maximum absolute atomic E-state index is 11.3. The zero-order chi connectivity index (χ0) is 10.1. The van der Waals surface area contributed by atoms with Gasteiger partial charge in [-0.2, -0.15) is 0 Å². The van der Waals surface area contributed by atoms with Gasteiger partial charge in [0.15, 0.2) is 0 Å². The van der Waals surface area contributed by atoms with Gasteiger partial charge in [-0.05, 0) is 43.5 Å². The Kier molecular flexibility index (Phi) is 2.59. The molecule has 0 spiro atoms. The van der Waals surface area contributed by atoms with Crippen molar-refractivity contribution in [2.45, 2.75) is 19.8 Å². The van der Waals surface area contributed by atoms with E-state index in [1.54, 1.807) is 6.07 Å². The molecule has 74 valence electrons. The van der Waals surface area contributed by atoms with E-state index in [4.69, 9.17) is 4.74 Å². The lowest BCUT2D eigenvalue weighted by atomic mass is 10.2. The van der Waals surface area contributed by atoms with Crippen LogP contribution in [0.4, 0.5) is 0 Å². The Balaban J connectivity index is 2.08. The summed E-state index contributed by atoms with van der Waals surface area (Å²) in [6.45, 7) is 1.97. The Bertz CT molecular complexity index is 370. The third kappa shape index (κ3) is 2.15. The summed E-state index contributed by atoms with van der Waals surface area (Å²) in [4.78, 5) is 11.3. The van der Waals surface area contributed by atoms with Gasteiger partial charge < -0.3 is 4.74 Å². The van der Waals surface area contributed by atoms with Gasteiger partial charge in [0, 0.05) is 4.47 Å². The summed E-state index contributed by atoms with van der Waals surface area (Å²) in [7, 11) is 0. The Morgan fingerprint density at radius 3 is 2.79 bits per heavy atom. The van der Waals surface area contributed by atoms with Crippen LogP contribution in [-0.2, 0) is 4.79 Å². The molecule has 1 fully saturated rings. The molecule has 0 heterocycles. The number of hydrogen-bond donors (Lipinski definition) is 0.